The minimum absolute atomic E-state index is 0.135. The summed E-state index contributed by atoms with van der Waals surface area (Å²) in [6, 6.07) is 17.0. The van der Waals surface area contributed by atoms with Gasteiger partial charge in [-0.1, -0.05) is 60.7 Å². The van der Waals surface area contributed by atoms with E-state index in [0.29, 0.717) is 22.3 Å². The van der Waals surface area contributed by atoms with Gasteiger partial charge in [-0.05, 0) is 70.5 Å². The summed E-state index contributed by atoms with van der Waals surface area (Å²) >= 11 is 0. The highest BCUT2D eigenvalue weighted by molar-refractivity contribution is 5.76. The van der Waals surface area contributed by atoms with E-state index >= 15 is 0 Å². The molecule has 0 radical (unpaired) electrons. The lowest BCUT2D eigenvalue weighted by Gasteiger charge is -2.36. The van der Waals surface area contributed by atoms with Gasteiger partial charge in [0, 0.05) is 13.1 Å². The van der Waals surface area contributed by atoms with Gasteiger partial charge in [0.05, 0.1) is 25.3 Å². The van der Waals surface area contributed by atoms with Crippen LogP contribution in [0.2, 0.25) is 0 Å². The van der Waals surface area contributed by atoms with Crippen molar-refractivity contribution in [1.29, 1.82) is 0 Å². The Morgan fingerprint density at radius 3 is 1.26 bits per heavy atom. The second kappa shape index (κ2) is 14.4. The van der Waals surface area contributed by atoms with Gasteiger partial charge >= 0.3 is 6.03 Å². The summed E-state index contributed by atoms with van der Waals surface area (Å²) in [5.74, 6) is -4.39. The zero-order valence-corrected chi connectivity index (χ0v) is 24.7. The van der Waals surface area contributed by atoms with Crippen LogP contribution >= 0.6 is 0 Å². The largest absolute Gasteiger partial charge is 0.392 e. The predicted octanol–water partition coefficient (Wildman–Crippen LogP) is 4.61. The van der Waals surface area contributed by atoms with E-state index in [1.807, 2.05) is 0 Å². The number of hydrogen-bond acceptors (Lipinski definition) is 5. The second-order valence-electron chi connectivity index (χ2n) is 11.4. The number of rotatable bonds is 10. The molecule has 4 aromatic rings. The summed E-state index contributed by atoms with van der Waals surface area (Å²) in [6.45, 7) is -0.958. The molecule has 5 rings (SSSR count). The Morgan fingerprint density at radius 1 is 0.543 bits per heavy atom. The molecule has 4 N–H and O–H groups in total. The van der Waals surface area contributed by atoms with E-state index in [4.69, 9.17) is 0 Å². The van der Waals surface area contributed by atoms with Gasteiger partial charge in [-0.2, -0.15) is 0 Å². The van der Waals surface area contributed by atoms with E-state index in [-0.39, 0.29) is 50.3 Å². The lowest BCUT2D eigenvalue weighted by Crippen LogP contribution is -2.50. The first kappa shape index (κ1) is 33.1. The minimum atomic E-state index is -1.65. The average molecular weight is 639 g/mol. The van der Waals surface area contributed by atoms with Crippen LogP contribution < -0.4 is 0 Å². The van der Waals surface area contributed by atoms with Crippen molar-refractivity contribution >= 4 is 6.03 Å². The van der Waals surface area contributed by atoms with E-state index < -0.39 is 53.6 Å². The fourth-order valence-electron chi connectivity index (χ4n) is 6.02. The van der Waals surface area contributed by atoms with Gasteiger partial charge in [-0.15, -0.1) is 0 Å². The Hall–Kier alpha value is -4.29. The first-order valence-corrected chi connectivity index (χ1v) is 14.8. The maximum absolute atomic E-state index is 14.7. The molecule has 7 nitrogen and oxygen atoms in total. The lowest BCUT2D eigenvalue weighted by molar-refractivity contribution is -0.0409. The number of hydrogen-bond donors (Lipinski definition) is 4. The van der Waals surface area contributed by atoms with Crippen LogP contribution in [0.25, 0.3) is 0 Å². The Bertz CT molecular complexity index is 1570. The van der Waals surface area contributed by atoms with Crippen LogP contribution in [0, 0.1) is 23.3 Å². The van der Waals surface area contributed by atoms with Crippen LogP contribution in [0.3, 0.4) is 0 Å². The van der Waals surface area contributed by atoms with E-state index in [2.05, 4.69) is 0 Å². The Balaban J connectivity index is 1.64. The Kier molecular flexibility index (Phi) is 10.4. The molecule has 46 heavy (non-hydrogen) atoms. The lowest BCUT2D eigenvalue weighted by atomic mass is 9.90. The molecule has 11 heteroatoms. The number of aliphatic hydroxyl groups is 4. The summed E-state index contributed by atoms with van der Waals surface area (Å²) < 4.78 is 56.1. The molecule has 2 amide bonds. The Labute approximate surface area is 263 Å². The number of halogens is 4. The van der Waals surface area contributed by atoms with Crippen molar-refractivity contribution in [2.75, 3.05) is 0 Å². The maximum atomic E-state index is 14.7. The standard InChI is InChI=1S/C35H34F4N2O5/c36-27-11-9-21(13-29(27)38)15-31-33(44)34(45)32(16-22-10-12-28(37)30(39)14-22)41(18-24-6-2-4-8-26(24)20-43)35(46)40(31)17-23-5-1-3-7-25(23)19-42/h1-14,31-34,42-45H,15-20H2. The van der Waals surface area contributed by atoms with E-state index in [1.165, 1.54) is 21.9 Å². The molecule has 0 spiro atoms. The monoisotopic (exact) mass is 638 g/mol. The van der Waals surface area contributed by atoms with E-state index in [1.54, 1.807) is 48.5 Å². The van der Waals surface area contributed by atoms with Gasteiger partial charge in [-0.25, -0.2) is 22.4 Å². The van der Waals surface area contributed by atoms with Crippen molar-refractivity contribution in [3.8, 4) is 0 Å². The number of aliphatic hydroxyl groups excluding tert-OH is 4. The number of benzene rings is 4. The smallest absolute Gasteiger partial charge is 0.321 e. The predicted molar refractivity (Wildman–Crippen MR) is 161 cm³/mol. The zero-order chi connectivity index (χ0) is 33.0. The van der Waals surface area contributed by atoms with Crippen molar-refractivity contribution in [3.63, 3.8) is 0 Å². The molecular formula is C35H34F4N2O5. The van der Waals surface area contributed by atoms with Crippen molar-refractivity contribution in [2.24, 2.45) is 0 Å². The van der Waals surface area contributed by atoms with Crippen molar-refractivity contribution in [2.45, 2.75) is 63.4 Å². The third-order valence-corrected chi connectivity index (χ3v) is 8.55. The van der Waals surface area contributed by atoms with Gasteiger partial charge < -0.3 is 30.2 Å². The molecule has 4 atom stereocenters. The molecule has 1 heterocycles. The van der Waals surface area contributed by atoms with Crippen molar-refractivity contribution < 1.29 is 42.8 Å². The van der Waals surface area contributed by atoms with Gasteiger partial charge in [0.25, 0.3) is 0 Å². The third-order valence-electron chi connectivity index (χ3n) is 8.55. The second-order valence-corrected chi connectivity index (χ2v) is 11.4. The summed E-state index contributed by atoms with van der Waals surface area (Å²) in [5, 5.41) is 43.6. The maximum Gasteiger partial charge on any atom is 0.321 e. The van der Waals surface area contributed by atoms with Gasteiger partial charge in [0.2, 0.25) is 0 Å². The molecule has 0 saturated carbocycles. The van der Waals surface area contributed by atoms with E-state index in [9.17, 15) is 42.8 Å². The molecular weight excluding hydrogens is 604 g/mol. The molecule has 1 aliphatic heterocycles. The fourth-order valence-corrected chi connectivity index (χ4v) is 6.02. The molecule has 1 fully saturated rings. The van der Waals surface area contributed by atoms with Gasteiger partial charge in [0.1, 0.15) is 12.2 Å². The highest BCUT2D eigenvalue weighted by Crippen LogP contribution is 2.31. The quantitative estimate of drug-likeness (QED) is 0.190. The first-order chi connectivity index (χ1) is 22.1. The number of carbonyl (C=O) groups is 1. The highest BCUT2D eigenvalue weighted by Gasteiger charge is 2.46. The van der Waals surface area contributed by atoms with Crippen LogP contribution in [-0.4, -0.2) is 60.5 Å². The molecule has 0 aromatic heterocycles. The van der Waals surface area contributed by atoms with Crippen LogP contribution in [0.5, 0.6) is 0 Å². The minimum Gasteiger partial charge on any atom is -0.392 e. The van der Waals surface area contributed by atoms with Crippen molar-refractivity contribution in [3.05, 3.63) is 142 Å². The molecule has 4 unspecified atom stereocenters. The topological polar surface area (TPSA) is 104 Å². The molecule has 242 valence electrons. The Morgan fingerprint density at radius 2 is 0.913 bits per heavy atom. The summed E-state index contributed by atoms with van der Waals surface area (Å²) in [6.07, 6.45) is -3.65. The first-order valence-electron chi connectivity index (χ1n) is 14.8. The van der Waals surface area contributed by atoms with Crippen LogP contribution in [0.1, 0.15) is 33.4 Å². The molecule has 1 saturated heterocycles. The molecule has 0 aliphatic carbocycles. The SMILES string of the molecule is O=C1N(Cc2ccccc2CO)C(Cc2ccc(F)c(F)c2)C(O)C(O)C(Cc2ccc(F)c(F)c2)N1Cc1ccccc1CO. The molecule has 1 aliphatic rings. The number of nitrogens with zero attached hydrogens (tertiary/aromatic N) is 2. The van der Waals surface area contributed by atoms with Crippen LogP contribution in [0.15, 0.2) is 84.9 Å². The van der Waals surface area contributed by atoms with Gasteiger partial charge in [0.15, 0.2) is 23.3 Å². The summed E-state index contributed by atoms with van der Waals surface area (Å²) in [5.41, 5.74) is 2.61. The van der Waals surface area contributed by atoms with E-state index in [0.717, 1.165) is 24.3 Å². The normalized spacial score (nSPS) is 20.2. The van der Waals surface area contributed by atoms with Gasteiger partial charge in [-0.3, -0.25) is 0 Å². The average Bonchev–Trinajstić information content (AvgIpc) is 3.12. The number of urea groups is 1. The number of carbonyl (C=O) groups excluding carboxylic acids is 1. The van der Waals surface area contributed by atoms with Crippen LogP contribution in [-0.2, 0) is 39.1 Å². The zero-order valence-electron chi connectivity index (χ0n) is 24.7. The van der Waals surface area contributed by atoms with Crippen molar-refractivity contribution in [1.82, 2.24) is 9.80 Å². The van der Waals surface area contributed by atoms with Crippen LogP contribution in [0.4, 0.5) is 22.4 Å². The fraction of sp³-hybridized carbons (Fsp3) is 0.286. The summed E-state index contributed by atoms with van der Waals surface area (Å²) in [4.78, 5) is 17.4. The molecule has 0 bridgehead atoms. The number of amides is 2. The summed E-state index contributed by atoms with van der Waals surface area (Å²) in [7, 11) is 0. The molecule has 4 aromatic carbocycles. The third kappa shape index (κ3) is 7.07. The highest BCUT2D eigenvalue weighted by atomic mass is 19.2.